The highest BCUT2D eigenvalue weighted by Crippen LogP contribution is 2.29. The largest absolute Gasteiger partial charge is 0.481 e. The van der Waals surface area contributed by atoms with Crippen LogP contribution < -0.4 is 5.32 Å². The van der Waals surface area contributed by atoms with Gasteiger partial charge in [-0.3, -0.25) is 14.4 Å². The number of hydrogen-bond donors (Lipinski definition) is 2. The van der Waals surface area contributed by atoms with E-state index in [0.29, 0.717) is 32.2 Å². The molecular formula is C13H20N2O4. The summed E-state index contributed by atoms with van der Waals surface area (Å²) < 4.78 is 0. The molecule has 6 nitrogen and oxygen atoms in total. The Hall–Kier alpha value is -1.59. The van der Waals surface area contributed by atoms with Gasteiger partial charge < -0.3 is 15.3 Å². The van der Waals surface area contributed by atoms with Gasteiger partial charge in [0.25, 0.3) is 0 Å². The number of nitrogens with one attached hydrogen (secondary N) is 1. The van der Waals surface area contributed by atoms with Crippen molar-refractivity contribution in [2.45, 2.75) is 57.0 Å². The van der Waals surface area contributed by atoms with Gasteiger partial charge in [0.2, 0.25) is 11.8 Å². The molecule has 2 N–H and O–H groups in total. The third kappa shape index (κ3) is 3.45. The van der Waals surface area contributed by atoms with Gasteiger partial charge in [0.1, 0.15) is 0 Å². The van der Waals surface area contributed by atoms with Crippen LogP contribution in [0.15, 0.2) is 0 Å². The van der Waals surface area contributed by atoms with Crippen LogP contribution in [-0.2, 0) is 14.4 Å². The minimum absolute atomic E-state index is 0.0240. The van der Waals surface area contributed by atoms with E-state index in [1.807, 2.05) is 4.90 Å². The molecular weight excluding hydrogens is 248 g/mol. The van der Waals surface area contributed by atoms with Gasteiger partial charge >= 0.3 is 5.97 Å². The lowest BCUT2D eigenvalue weighted by molar-refractivity contribution is -0.138. The monoisotopic (exact) mass is 268 g/mol. The van der Waals surface area contributed by atoms with Crippen molar-refractivity contribution in [2.24, 2.45) is 0 Å². The van der Waals surface area contributed by atoms with E-state index in [2.05, 4.69) is 5.32 Å². The molecule has 0 aromatic heterocycles. The van der Waals surface area contributed by atoms with Crippen molar-refractivity contribution in [2.75, 3.05) is 6.54 Å². The molecule has 0 aromatic carbocycles. The van der Waals surface area contributed by atoms with E-state index in [-0.39, 0.29) is 30.3 Å². The molecule has 2 unspecified atom stereocenters. The van der Waals surface area contributed by atoms with Crippen LogP contribution >= 0.6 is 0 Å². The van der Waals surface area contributed by atoms with Gasteiger partial charge in [-0.05, 0) is 25.7 Å². The quantitative estimate of drug-likeness (QED) is 0.711. The third-order valence-electron chi connectivity index (χ3n) is 3.90. The van der Waals surface area contributed by atoms with Gasteiger partial charge in [0.15, 0.2) is 0 Å². The summed E-state index contributed by atoms with van der Waals surface area (Å²) in [7, 11) is 0. The van der Waals surface area contributed by atoms with Crippen LogP contribution in [-0.4, -0.2) is 46.4 Å². The van der Waals surface area contributed by atoms with Crippen LogP contribution in [0.25, 0.3) is 0 Å². The molecule has 0 saturated carbocycles. The van der Waals surface area contributed by atoms with Gasteiger partial charge in [-0.15, -0.1) is 0 Å². The van der Waals surface area contributed by atoms with E-state index in [9.17, 15) is 14.4 Å². The van der Waals surface area contributed by atoms with Crippen molar-refractivity contribution in [3.05, 3.63) is 0 Å². The molecule has 0 spiro atoms. The number of carboxylic acid groups (broad SMARTS) is 1. The Morgan fingerprint density at radius 1 is 1.21 bits per heavy atom. The molecule has 2 heterocycles. The van der Waals surface area contributed by atoms with Crippen LogP contribution in [0, 0.1) is 0 Å². The molecule has 106 valence electrons. The lowest BCUT2D eigenvalue weighted by Gasteiger charge is -2.27. The van der Waals surface area contributed by atoms with Crippen LogP contribution in [0.3, 0.4) is 0 Å². The summed E-state index contributed by atoms with van der Waals surface area (Å²) >= 11 is 0. The Bertz CT molecular complexity index is 383. The first-order valence-electron chi connectivity index (χ1n) is 6.87. The molecule has 2 aliphatic heterocycles. The maximum atomic E-state index is 12.2. The van der Waals surface area contributed by atoms with Gasteiger partial charge in [-0.25, -0.2) is 0 Å². The van der Waals surface area contributed by atoms with Crippen molar-refractivity contribution < 1.29 is 19.5 Å². The Labute approximate surface area is 112 Å². The van der Waals surface area contributed by atoms with Crippen LogP contribution in [0.1, 0.15) is 44.9 Å². The number of carbonyl (C=O) groups is 3. The molecule has 2 aliphatic rings. The van der Waals surface area contributed by atoms with E-state index in [4.69, 9.17) is 5.11 Å². The van der Waals surface area contributed by atoms with E-state index in [0.717, 1.165) is 12.8 Å². The molecule has 0 radical (unpaired) electrons. The summed E-state index contributed by atoms with van der Waals surface area (Å²) in [5.74, 6) is -0.734. The van der Waals surface area contributed by atoms with Crippen molar-refractivity contribution in [1.82, 2.24) is 10.2 Å². The zero-order valence-electron chi connectivity index (χ0n) is 10.9. The topological polar surface area (TPSA) is 86.7 Å². The Balaban J connectivity index is 1.84. The number of unbranched alkanes of at least 4 members (excludes halogenated alkanes) is 1. The zero-order chi connectivity index (χ0) is 13.8. The second kappa shape index (κ2) is 6.04. The molecule has 2 fully saturated rings. The second-order valence-electron chi connectivity index (χ2n) is 5.30. The maximum Gasteiger partial charge on any atom is 0.303 e. The fraction of sp³-hybridized carbons (Fsp3) is 0.769. The number of carboxylic acids is 1. The molecule has 6 heteroatoms. The average molecular weight is 268 g/mol. The fourth-order valence-electron chi connectivity index (χ4n) is 2.97. The van der Waals surface area contributed by atoms with Gasteiger partial charge in [-0.1, -0.05) is 0 Å². The summed E-state index contributed by atoms with van der Waals surface area (Å²) in [5, 5.41) is 11.4. The molecule has 0 aliphatic carbocycles. The molecule has 2 atom stereocenters. The fourth-order valence-corrected chi connectivity index (χ4v) is 2.97. The summed E-state index contributed by atoms with van der Waals surface area (Å²) in [5.41, 5.74) is 0. The number of aliphatic carboxylic acids is 1. The SMILES string of the molecule is O=C(O)CCCCC(=O)N1C2CCC1CC(=O)NC2. The highest BCUT2D eigenvalue weighted by Gasteiger charge is 2.39. The Kier molecular flexibility index (Phi) is 4.39. The van der Waals surface area contributed by atoms with E-state index in [1.165, 1.54) is 0 Å². The first-order chi connectivity index (χ1) is 9.08. The number of fused-ring (bicyclic) bond motifs is 2. The first kappa shape index (κ1) is 13.8. The Morgan fingerprint density at radius 2 is 1.89 bits per heavy atom. The second-order valence-corrected chi connectivity index (χ2v) is 5.30. The van der Waals surface area contributed by atoms with Gasteiger partial charge in [-0.2, -0.15) is 0 Å². The molecule has 19 heavy (non-hydrogen) atoms. The summed E-state index contributed by atoms with van der Waals surface area (Å²) in [6.45, 7) is 0.552. The first-order valence-corrected chi connectivity index (χ1v) is 6.87. The maximum absolute atomic E-state index is 12.2. The van der Waals surface area contributed by atoms with Crippen LogP contribution in [0.2, 0.25) is 0 Å². The number of nitrogens with zero attached hydrogens (tertiary/aromatic N) is 1. The minimum Gasteiger partial charge on any atom is -0.481 e. The molecule has 0 aromatic rings. The predicted molar refractivity (Wildman–Crippen MR) is 67.4 cm³/mol. The lowest BCUT2D eigenvalue weighted by atomic mass is 10.1. The van der Waals surface area contributed by atoms with Gasteiger partial charge in [0, 0.05) is 37.9 Å². The van der Waals surface area contributed by atoms with E-state index in [1.54, 1.807) is 0 Å². The van der Waals surface area contributed by atoms with Crippen LogP contribution in [0.4, 0.5) is 0 Å². The standard InChI is InChI=1S/C13H20N2O4/c16-11-7-9-5-6-10(8-14-11)15(9)12(17)3-1-2-4-13(18)19/h9-10H,1-8H2,(H,14,16)(H,18,19). The normalized spacial score (nSPS) is 25.9. The number of hydrogen-bond acceptors (Lipinski definition) is 3. The summed E-state index contributed by atoms with van der Waals surface area (Å²) in [6.07, 6.45) is 3.88. The molecule has 2 bridgehead atoms. The van der Waals surface area contributed by atoms with E-state index >= 15 is 0 Å². The van der Waals surface area contributed by atoms with Gasteiger partial charge in [0.05, 0.1) is 0 Å². The summed E-state index contributed by atoms with van der Waals surface area (Å²) in [4.78, 5) is 35.9. The van der Waals surface area contributed by atoms with Crippen molar-refractivity contribution >= 4 is 17.8 Å². The third-order valence-corrected chi connectivity index (χ3v) is 3.90. The van der Waals surface area contributed by atoms with E-state index < -0.39 is 5.97 Å². The molecule has 2 rings (SSSR count). The highest BCUT2D eigenvalue weighted by atomic mass is 16.4. The Morgan fingerprint density at radius 3 is 2.63 bits per heavy atom. The number of amides is 2. The lowest BCUT2D eigenvalue weighted by Crippen LogP contribution is -2.42. The number of rotatable bonds is 5. The summed E-state index contributed by atoms with van der Waals surface area (Å²) in [6, 6.07) is 0.169. The van der Waals surface area contributed by atoms with Crippen molar-refractivity contribution in [1.29, 1.82) is 0 Å². The molecule has 2 saturated heterocycles. The van der Waals surface area contributed by atoms with Crippen molar-refractivity contribution in [3.8, 4) is 0 Å². The smallest absolute Gasteiger partial charge is 0.303 e. The predicted octanol–water partition coefficient (Wildman–Crippen LogP) is 0.511. The number of carbonyl (C=O) groups excluding carboxylic acids is 2. The minimum atomic E-state index is -0.822. The van der Waals surface area contributed by atoms with Crippen LogP contribution in [0.5, 0.6) is 0 Å². The molecule has 2 amide bonds. The average Bonchev–Trinajstić information content (AvgIpc) is 2.65. The zero-order valence-corrected chi connectivity index (χ0v) is 10.9. The van der Waals surface area contributed by atoms with Crippen molar-refractivity contribution in [3.63, 3.8) is 0 Å². The highest BCUT2D eigenvalue weighted by molar-refractivity contribution is 5.81.